The Labute approximate surface area is 176 Å². The normalized spacial score (nSPS) is 15.8. The molecular formula is C16H27N2O12P. The van der Waals surface area contributed by atoms with Crippen LogP contribution in [0.2, 0.25) is 0 Å². The Morgan fingerprint density at radius 3 is 2.00 bits per heavy atom. The van der Waals surface area contributed by atoms with Crippen molar-refractivity contribution in [3.8, 4) is 0 Å². The summed E-state index contributed by atoms with van der Waals surface area (Å²) in [5, 5.41) is 37.6. The monoisotopic (exact) mass is 470 g/mol. The minimum atomic E-state index is -4.38. The van der Waals surface area contributed by atoms with Gasteiger partial charge >= 0.3 is 31.5 Å². The van der Waals surface area contributed by atoms with Crippen LogP contribution in [0.4, 0.5) is 0 Å². The third kappa shape index (κ3) is 13.4. The molecule has 0 aromatic heterocycles. The highest BCUT2D eigenvalue weighted by Crippen LogP contribution is 2.44. The standard InChI is InChI=1S/C16H27N2O12P/c17-10(15(24)25)4-5-12(19)18-11(16(26)27)2-1-7-30-31(28,29)8-9(14(22)23)3-6-13(20)21/h9-11H,1-8,17H2,(H,18,19)(H,20,21)(H,22,23)(H,24,25)(H,26,27)(H,28,29)/t9-,10+,11+/m1/s1. The molecule has 15 heteroatoms. The van der Waals surface area contributed by atoms with E-state index in [1.807, 2.05) is 0 Å². The number of nitrogens with two attached hydrogens (primary N) is 1. The molecule has 0 saturated heterocycles. The molecule has 1 unspecified atom stereocenters. The average molecular weight is 470 g/mol. The molecule has 0 rings (SSSR count). The van der Waals surface area contributed by atoms with E-state index in [9.17, 15) is 33.4 Å². The second-order valence-corrected chi connectivity index (χ2v) is 8.60. The van der Waals surface area contributed by atoms with Gasteiger partial charge in [0, 0.05) is 12.8 Å². The number of aliphatic carboxylic acids is 4. The number of hydrogen-bond acceptors (Lipinski definition) is 8. The average Bonchev–Trinajstić information content (AvgIpc) is 2.64. The van der Waals surface area contributed by atoms with Crippen molar-refractivity contribution in [1.29, 1.82) is 0 Å². The van der Waals surface area contributed by atoms with Crippen molar-refractivity contribution in [2.45, 2.75) is 50.6 Å². The predicted octanol–water partition coefficient (Wildman–Crippen LogP) is -0.704. The van der Waals surface area contributed by atoms with Crippen LogP contribution in [-0.4, -0.2) is 80.0 Å². The molecule has 0 bridgehead atoms. The number of nitrogens with one attached hydrogen (secondary N) is 1. The van der Waals surface area contributed by atoms with Crippen molar-refractivity contribution in [2.24, 2.45) is 11.7 Å². The van der Waals surface area contributed by atoms with E-state index in [2.05, 4.69) is 5.32 Å². The van der Waals surface area contributed by atoms with Crippen LogP contribution in [0.1, 0.15) is 38.5 Å². The smallest absolute Gasteiger partial charge is 0.328 e. The zero-order valence-electron chi connectivity index (χ0n) is 16.5. The fourth-order valence-corrected chi connectivity index (χ4v) is 3.77. The quantitative estimate of drug-likeness (QED) is 0.103. The van der Waals surface area contributed by atoms with Gasteiger partial charge in [-0.2, -0.15) is 0 Å². The van der Waals surface area contributed by atoms with Crippen molar-refractivity contribution in [3.63, 3.8) is 0 Å². The van der Waals surface area contributed by atoms with Gasteiger partial charge in [0.1, 0.15) is 12.1 Å². The molecule has 0 aliphatic rings. The highest BCUT2D eigenvalue weighted by molar-refractivity contribution is 7.52. The fourth-order valence-electron chi connectivity index (χ4n) is 2.35. The van der Waals surface area contributed by atoms with Crippen molar-refractivity contribution < 1.29 is 58.4 Å². The van der Waals surface area contributed by atoms with Crippen molar-refractivity contribution >= 4 is 37.4 Å². The second kappa shape index (κ2) is 13.7. The lowest BCUT2D eigenvalue weighted by Gasteiger charge is -2.18. The summed E-state index contributed by atoms with van der Waals surface area (Å²) in [5.41, 5.74) is 5.25. The summed E-state index contributed by atoms with van der Waals surface area (Å²) in [4.78, 5) is 65.0. The lowest BCUT2D eigenvalue weighted by Crippen LogP contribution is -2.41. The summed E-state index contributed by atoms with van der Waals surface area (Å²) in [7, 11) is -4.38. The Hall–Kier alpha value is -2.54. The maximum Gasteiger partial charge on any atom is 0.328 e. The molecule has 1 amide bonds. The van der Waals surface area contributed by atoms with E-state index in [1.54, 1.807) is 0 Å². The Bertz CT molecular complexity index is 713. The zero-order valence-corrected chi connectivity index (χ0v) is 17.4. The van der Waals surface area contributed by atoms with Gasteiger partial charge in [-0.15, -0.1) is 0 Å². The Morgan fingerprint density at radius 1 is 0.903 bits per heavy atom. The zero-order chi connectivity index (χ0) is 24.2. The van der Waals surface area contributed by atoms with E-state index in [1.165, 1.54) is 0 Å². The third-order valence-electron chi connectivity index (χ3n) is 4.07. The van der Waals surface area contributed by atoms with Crippen LogP contribution in [0.3, 0.4) is 0 Å². The summed E-state index contributed by atoms with van der Waals surface area (Å²) < 4.78 is 16.8. The predicted molar refractivity (Wildman–Crippen MR) is 102 cm³/mol. The summed E-state index contributed by atoms with van der Waals surface area (Å²) >= 11 is 0. The molecule has 4 atom stereocenters. The number of hydrogen-bond donors (Lipinski definition) is 7. The topological polar surface area (TPSA) is 251 Å². The first-order valence-electron chi connectivity index (χ1n) is 9.16. The Balaban J connectivity index is 4.52. The van der Waals surface area contributed by atoms with Gasteiger partial charge in [0.15, 0.2) is 0 Å². The molecule has 0 spiro atoms. The first-order chi connectivity index (χ1) is 14.2. The lowest BCUT2D eigenvalue weighted by molar-refractivity contribution is -0.143. The maximum absolute atomic E-state index is 12.0. The Kier molecular flexibility index (Phi) is 12.6. The van der Waals surface area contributed by atoms with Gasteiger partial charge in [0.25, 0.3) is 0 Å². The molecule has 14 nitrogen and oxygen atoms in total. The third-order valence-corrected chi connectivity index (χ3v) is 5.56. The van der Waals surface area contributed by atoms with E-state index in [0.29, 0.717) is 0 Å². The SMILES string of the molecule is N[C@@H](CCC(=O)N[C@@H](CCCOP(=O)(O)C[C@@H](CCC(=O)O)C(=O)O)C(=O)O)C(=O)O. The van der Waals surface area contributed by atoms with Crippen LogP contribution in [0.15, 0.2) is 0 Å². The highest BCUT2D eigenvalue weighted by Gasteiger charge is 2.30. The van der Waals surface area contributed by atoms with Crippen molar-refractivity contribution in [1.82, 2.24) is 5.32 Å². The molecule has 178 valence electrons. The molecule has 0 radical (unpaired) electrons. The van der Waals surface area contributed by atoms with Crippen LogP contribution in [0.25, 0.3) is 0 Å². The summed E-state index contributed by atoms with van der Waals surface area (Å²) in [6.45, 7) is -0.414. The fraction of sp³-hybridized carbons (Fsp3) is 0.688. The van der Waals surface area contributed by atoms with E-state index in [4.69, 9.17) is 30.7 Å². The molecule has 0 saturated carbocycles. The van der Waals surface area contributed by atoms with Crippen molar-refractivity contribution in [3.05, 3.63) is 0 Å². The van der Waals surface area contributed by atoms with Gasteiger partial charge in [-0.05, 0) is 25.7 Å². The molecule has 0 aliphatic heterocycles. The number of carbonyl (C=O) groups is 5. The van der Waals surface area contributed by atoms with Gasteiger partial charge < -0.3 is 40.9 Å². The molecule has 0 aromatic carbocycles. The molecule has 0 aromatic rings. The second-order valence-electron chi connectivity index (χ2n) is 6.70. The van der Waals surface area contributed by atoms with Crippen LogP contribution < -0.4 is 11.1 Å². The van der Waals surface area contributed by atoms with Crippen LogP contribution >= 0.6 is 7.60 Å². The molecule has 31 heavy (non-hydrogen) atoms. The molecule has 0 aliphatic carbocycles. The summed E-state index contributed by atoms with van der Waals surface area (Å²) in [6.07, 6.45) is -2.45. The van der Waals surface area contributed by atoms with Gasteiger partial charge in [0.05, 0.1) is 18.7 Å². The minimum Gasteiger partial charge on any atom is -0.481 e. The lowest BCUT2D eigenvalue weighted by atomic mass is 10.1. The molecule has 0 fully saturated rings. The van der Waals surface area contributed by atoms with Crippen LogP contribution in [0.5, 0.6) is 0 Å². The van der Waals surface area contributed by atoms with Gasteiger partial charge in [-0.25, -0.2) is 4.79 Å². The molecule has 0 heterocycles. The maximum atomic E-state index is 12.0. The van der Waals surface area contributed by atoms with E-state index >= 15 is 0 Å². The van der Waals surface area contributed by atoms with Crippen LogP contribution in [-0.2, 0) is 33.1 Å². The van der Waals surface area contributed by atoms with E-state index in [0.717, 1.165) is 0 Å². The first-order valence-corrected chi connectivity index (χ1v) is 10.9. The number of rotatable bonds is 17. The number of amides is 1. The molecular weight excluding hydrogens is 443 g/mol. The number of carboxylic acid groups (broad SMARTS) is 4. The van der Waals surface area contributed by atoms with E-state index < -0.39 is 74.6 Å². The first kappa shape index (κ1) is 28.5. The van der Waals surface area contributed by atoms with Crippen molar-refractivity contribution in [2.75, 3.05) is 12.8 Å². The number of carbonyl (C=O) groups excluding carboxylic acids is 1. The van der Waals surface area contributed by atoms with Gasteiger partial charge in [-0.1, -0.05) is 0 Å². The Morgan fingerprint density at radius 2 is 1.52 bits per heavy atom. The summed E-state index contributed by atoms with van der Waals surface area (Å²) in [6, 6.07) is -2.64. The highest BCUT2D eigenvalue weighted by atomic mass is 31.2. The summed E-state index contributed by atoms with van der Waals surface area (Å²) in [5.74, 6) is -7.54. The molecule has 8 N–H and O–H groups in total. The number of carboxylic acids is 4. The van der Waals surface area contributed by atoms with Gasteiger partial charge in [0.2, 0.25) is 5.91 Å². The van der Waals surface area contributed by atoms with E-state index in [-0.39, 0.29) is 32.1 Å². The largest absolute Gasteiger partial charge is 0.481 e. The van der Waals surface area contributed by atoms with Crippen LogP contribution in [0, 0.1) is 5.92 Å². The minimum absolute atomic E-state index is 0.0801. The van der Waals surface area contributed by atoms with Gasteiger partial charge in [-0.3, -0.25) is 23.7 Å².